The standard InChI is InChI=1S/C6H14O4/c1-4(8)6(10)2-5(9)3-7/h4-10H,2-3H2,1H3/t4-,5-,6-/m1/s1. The Morgan fingerprint density at radius 2 is 1.70 bits per heavy atom. The molecule has 0 saturated heterocycles. The fourth-order valence-corrected chi connectivity index (χ4v) is 0.550. The molecule has 0 aliphatic rings. The summed E-state index contributed by atoms with van der Waals surface area (Å²) in [7, 11) is 0. The molecule has 0 heterocycles. The van der Waals surface area contributed by atoms with Crippen molar-refractivity contribution in [2.75, 3.05) is 6.61 Å². The first-order valence-corrected chi connectivity index (χ1v) is 3.23. The van der Waals surface area contributed by atoms with Gasteiger partial charge in [-0.2, -0.15) is 0 Å². The third-order valence-electron chi connectivity index (χ3n) is 1.28. The third-order valence-corrected chi connectivity index (χ3v) is 1.28. The molecule has 0 radical (unpaired) electrons. The van der Waals surface area contributed by atoms with Gasteiger partial charge < -0.3 is 20.4 Å². The van der Waals surface area contributed by atoms with E-state index in [9.17, 15) is 0 Å². The van der Waals surface area contributed by atoms with Crippen LogP contribution in [0.2, 0.25) is 0 Å². The quantitative estimate of drug-likeness (QED) is 0.392. The SMILES string of the molecule is C[C@@H](O)[C@H](O)C[C@@H](O)CO. The molecule has 0 aromatic carbocycles. The van der Waals surface area contributed by atoms with Crippen LogP contribution in [0.25, 0.3) is 0 Å². The van der Waals surface area contributed by atoms with Crippen LogP contribution >= 0.6 is 0 Å². The third kappa shape index (κ3) is 3.79. The van der Waals surface area contributed by atoms with Gasteiger partial charge in [0.05, 0.1) is 24.9 Å². The molecule has 4 heteroatoms. The predicted molar refractivity (Wildman–Crippen MR) is 35.4 cm³/mol. The maximum atomic E-state index is 8.91. The van der Waals surface area contributed by atoms with Crippen LogP contribution in [0.3, 0.4) is 0 Å². The lowest BCUT2D eigenvalue weighted by Crippen LogP contribution is -2.29. The number of hydrogen-bond donors (Lipinski definition) is 4. The summed E-state index contributed by atoms with van der Waals surface area (Å²) in [4.78, 5) is 0. The molecule has 0 aliphatic heterocycles. The van der Waals surface area contributed by atoms with Crippen molar-refractivity contribution in [3.8, 4) is 0 Å². The molecule has 0 bridgehead atoms. The summed E-state index contributed by atoms with van der Waals surface area (Å²) in [5.41, 5.74) is 0. The van der Waals surface area contributed by atoms with Crippen molar-refractivity contribution in [1.29, 1.82) is 0 Å². The van der Waals surface area contributed by atoms with Crippen LogP contribution < -0.4 is 0 Å². The van der Waals surface area contributed by atoms with E-state index in [2.05, 4.69) is 0 Å². The molecule has 3 atom stereocenters. The van der Waals surface area contributed by atoms with Gasteiger partial charge in [-0.25, -0.2) is 0 Å². The van der Waals surface area contributed by atoms with E-state index >= 15 is 0 Å². The molecule has 0 rings (SSSR count). The van der Waals surface area contributed by atoms with Crippen molar-refractivity contribution < 1.29 is 20.4 Å². The summed E-state index contributed by atoms with van der Waals surface area (Å²) in [5.74, 6) is 0. The fourth-order valence-electron chi connectivity index (χ4n) is 0.550. The molecular weight excluding hydrogens is 136 g/mol. The van der Waals surface area contributed by atoms with Crippen molar-refractivity contribution in [2.45, 2.75) is 31.7 Å². The van der Waals surface area contributed by atoms with Gasteiger partial charge in [-0.05, 0) is 6.92 Å². The second-order valence-electron chi connectivity index (χ2n) is 2.38. The van der Waals surface area contributed by atoms with Gasteiger partial charge in [-0.1, -0.05) is 0 Å². The van der Waals surface area contributed by atoms with Gasteiger partial charge in [0.15, 0.2) is 0 Å². The van der Waals surface area contributed by atoms with Crippen LogP contribution in [0.15, 0.2) is 0 Å². The smallest absolute Gasteiger partial charge is 0.0821 e. The average Bonchev–Trinajstić information content (AvgIpc) is 1.87. The van der Waals surface area contributed by atoms with Gasteiger partial charge >= 0.3 is 0 Å². The molecule has 10 heavy (non-hydrogen) atoms. The summed E-state index contributed by atoms with van der Waals surface area (Å²) in [6.07, 6.45) is -2.75. The lowest BCUT2D eigenvalue weighted by molar-refractivity contribution is -0.0157. The van der Waals surface area contributed by atoms with Gasteiger partial charge in [0, 0.05) is 6.42 Å². The van der Waals surface area contributed by atoms with Crippen molar-refractivity contribution in [3.05, 3.63) is 0 Å². The van der Waals surface area contributed by atoms with Crippen LogP contribution in [0.1, 0.15) is 13.3 Å². The second-order valence-corrected chi connectivity index (χ2v) is 2.38. The molecular formula is C6H14O4. The monoisotopic (exact) mass is 150 g/mol. The lowest BCUT2D eigenvalue weighted by Gasteiger charge is -2.15. The van der Waals surface area contributed by atoms with Crippen LogP contribution in [0.5, 0.6) is 0 Å². The lowest BCUT2D eigenvalue weighted by atomic mass is 10.1. The van der Waals surface area contributed by atoms with E-state index in [0.717, 1.165) is 0 Å². The topological polar surface area (TPSA) is 80.9 Å². The van der Waals surface area contributed by atoms with Crippen LogP contribution in [-0.4, -0.2) is 45.3 Å². The zero-order valence-corrected chi connectivity index (χ0v) is 5.94. The summed E-state index contributed by atoms with van der Waals surface area (Å²) in [6, 6.07) is 0. The molecule has 0 unspecified atom stereocenters. The molecule has 0 amide bonds. The minimum Gasteiger partial charge on any atom is -0.394 e. The Kier molecular flexibility index (Phi) is 4.55. The van der Waals surface area contributed by atoms with Gasteiger partial charge in [-0.3, -0.25) is 0 Å². The molecule has 4 nitrogen and oxygen atoms in total. The Morgan fingerprint density at radius 1 is 1.20 bits per heavy atom. The number of hydrogen-bond acceptors (Lipinski definition) is 4. The van der Waals surface area contributed by atoms with E-state index in [-0.39, 0.29) is 13.0 Å². The minimum atomic E-state index is -0.956. The largest absolute Gasteiger partial charge is 0.394 e. The highest BCUT2D eigenvalue weighted by Gasteiger charge is 2.14. The maximum absolute atomic E-state index is 8.91. The molecule has 0 spiro atoms. The summed E-state index contributed by atoms with van der Waals surface area (Å²) in [5, 5.41) is 34.7. The highest BCUT2D eigenvalue weighted by molar-refractivity contribution is 4.66. The summed E-state index contributed by atoms with van der Waals surface area (Å²) < 4.78 is 0. The predicted octanol–water partition coefficient (Wildman–Crippen LogP) is -1.53. The molecule has 0 saturated carbocycles. The van der Waals surface area contributed by atoms with Crippen molar-refractivity contribution in [3.63, 3.8) is 0 Å². The molecule has 62 valence electrons. The van der Waals surface area contributed by atoms with Crippen molar-refractivity contribution in [2.24, 2.45) is 0 Å². The Bertz CT molecular complexity index is 83.8. The Hall–Kier alpha value is -0.160. The van der Waals surface area contributed by atoms with E-state index in [1.165, 1.54) is 6.92 Å². The Labute approximate surface area is 59.7 Å². The molecule has 0 aromatic rings. The Morgan fingerprint density at radius 3 is 2.00 bits per heavy atom. The van der Waals surface area contributed by atoms with Gasteiger partial charge in [0.2, 0.25) is 0 Å². The normalized spacial score (nSPS) is 20.1. The zero-order valence-electron chi connectivity index (χ0n) is 5.94. The highest BCUT2D eigenvalue weighted by atomic mass is 16.3. The van der Waals surface area contributed by atoms with Gasteiger partial charge in [0.1, 0.15) is 0 Å². The number of rotatable bonds is 4. The van der Waals surface area contributed by atoms with E-state index in [1.807, 2.05) is 0 Å². The molecule has 0 fully saturated rings. The van der Waals surface area contributed by atoms with E-state index in [0.29, 0.717) is 0 Å². The minimum absolute atomic E-state index is 0.00810. The van der Waals surface area contributed by atoms with E-state index in [4.69, 9.17) is 20.4 Å². The molecule has 4 N–H and O–H groups in total. The second kappa shape index (κ2) is 4.62. The van der Waals surface area contributed by atoms with Crippen molar-refractivity contribution in [1.82, 2.24) is 0 Å². The van der Waals surface area contributed by atoms with Gasteiger partial charge in [0.25, 0.3) is 0 Å². The first-order chi connectivity index (χ1) is 4.57. The summed E-state index contributed by atoms with van der Waals surface area (Å²) in [6.45, 7) is 1.04. The van der Waals surface area contributed by atoms with Crippen LogP contribution in [-0.2, 0) is 0 Å². The first kappa shape index (κ1) is 9.84. The first-order valence-electron chi connectivity index (χ1n) is 3.23. The van der Waals surface area contributed by atoms with Crippen LogP contribution in [0.4, 0.5) is 0 Å². The molecule has 0 aromatic heterocycles. The molecule has 0 aliphatic carbocycles. The Balaban J connectivity index is 3.46. The van der Waals surface area contributed by atoms with Crippen molar-refractivity contribution >= 4 is 0 Å². The number of aliphatic hydroxyl groups excluding tert-OH is 4. The van der Waals surface area contributed by atoms with Crippen LogP contribution in [0, 0.1) is 0 Å². The maximum Gasteiger partial charge on any atom is 0.0821 e. The average molecular weight is 150 g/mol. The zero-order chi connectivity index (χ0) is 8.15. The van der Waals surface area contributed by atoms with E-state index in [1.54, 1.807) is 0 Å². The highest BCUT2D eigenvalue weighted by Crippen LogP contribution is 2.01. The number of aliphatic hydroxyl groups is 4. The van der Waals surface area contributed by atoms with E-state index < -0.39 is 18.3 Å². The van der Waals surface area contributed by atoms with Gasteiger partial charge in [-0.15, -0.1) is 0 Å². The summed E-state index contributed by atoms with van der Waals surface area (Å²) >= 11 is 0. The fraction of sp³-hybridized carbons (Fsp3) is 1.00.